The fourth-order valence-corrected chi connectivity index (χ4v) is 2.02. The SMILES string of the molecule is CC(NC(=O)c1[c]cccc1)N1CCCC1. The second kappa shape index (κ2) is 5.12. The summed E-state index contributed by atoms with van der Waals surface area (Å²) in [5, 5.41) is 2.99. The summed E-state index contributed by atoms with van der Waals surface area (Å²) in [4.78, 5) is 14.1. The highest BCUT2D eigenvalue weighted by atomic mass is 16.1. The Morgan fingerprint density at radius 3 is 2.81 bits per heavy atom. The summed E-state index contributed by atoms with van der Waals surface area (Å²) < 4.78 is 0. The van der Waals surface area contributed by atoms with Crippen molar-refractivity contribution in [1.82, 2.24) is 10.2 Å². The number of benzene rings is 1. The van der Waals surface area contributed by atoms with Crippen molar-refractivity contribution < 1.29 is 4.79 Å². The third kappa shape index (κ3) is 2.61. The number of nitrogens with one attached hydrogen (secondary N) is 1. The van der Waals surface area contributed by atoms with Crippen molar-refractivity contribution in [2.45, 2.75) is 25.9 Å². The van der Waals surface area contributed by atoms with Crippen LogP contribution in [0.25, 0.3) is 0 Å². The molecule has 0 spiro atoms. The van der Waals surface area contributed by atoms with Crippen LogP contribution in [-0.4, -0.2) is 30.1 Å². The van der Waals surface area contributed by atoms with E-state index in [-0.39, 0.29) is 12.1 Å². The number of carbonyl (C=O) groups is 1. The molecule has 3 nitrogen and oxygen atoms in total. The molecule has 16 heavy (non-hydrogen) atoms. The first-order valence-corrected chi connectivity index (χ1v) is 5.79. The number of carbonyl (C=O) groups excluding carboxylic acids is 1. The molecule has 1 aliphatic rings. The largest absolute Gasteiger partial charge is 0.337 e. The van der Waals surface area contributed by atoms with Crippen LogP contribution in [0.2, 0.25) is 0 Å². The van der Waals surface area contributed by atoms with E-state index in [0.717, 1.165) is 13.1 Å². The molecule has 1 N–H and O–H groups in total. The summed E-state index contributed by atoms with van der Waals surface area (Å²) >= 11 is 0. The molecule has 0 saturated carbocycles. The smallest absolute Gasteiger partial charge is 0.253 e. The van der Waals surface area contributed by atoms with E-state index >= 15 is 0 Å². The van der Waals surface area contributed by atoms with Crippen LogP contribution in [0, 0.1) is 6.07 Å². The third-order valence-corrected chi connectivity index (χ3v) is 2.98. The molecule has 1 saturated heterocycles. The number of amides is 1. The summed E-state index contributed by atoms with van der Waals surface area (Å²) in [5.41, 5.74) is 0.605. The zero-order valence-electron chi connectivity index (χ0n) is 9.57. The van der Waals surface area contributed by atoms with Gasteiger partial charge < -0.3 is 5.32 Å². The predicted octanol–water partition coefficient (Wildman–Crippen LogP) is 1.66. The fraction of sp³-hybridized carbons (Fsp3) is 0.462. The first-order chi connectivity index (χ1) is 7.77. The van der Waals surface area contributed by atoms with Gasteiger partial charge in [0.25, 0.3) is 5.91 Å². The van der Waals surface area contributed by atoms with Crippen LogP contribution in [0.5, 0.6) is 0 Å². The third-order valence-electron chi connectivity index (χ3n) is 2.98. The van der Waals surface area contributed by atoms with E-state index in [9.17, 15) is 4.79 Å². The van der Waals surface area contributed by atoms with E-state index in [0.29, 0.717) is 5.56 Å². The molecule has 1 heterocycles. The van der Waals surface area contributed by atoms with Gasteiger partial charge in [-0.25, -0.2) is 0 Å². The number of nitrogens with zero attached hydrogens (tertiary/aromatic N) is 1. The molecule has 1 aliphatic heterocycles. The average Bonchev–Trinajstić information content (AvgIpc) is 2.83. The lowest BCUT2D eigenvalue weighted by atomic mass is 10.2. The highest BCUT2D eigenvalue weighted by Crippen LogP contribution is 2.10. The summed E-state index contributed by atoms with van der Waals surface area (Å²) in [5.74, 6) is -0.0417. The van der Waals surface area contributed by atoms with Gasteiger partial charge in [-0.05, 0) is 31.9 Å². The summed E-state index contributed by atoms with van der Waals surface area (Å²) in [7, 11) is 0. The van der Waals surface area contributed by atoms with Gasteiger partial charge in [0, 0.05) is 18.7 Å². The average molecular weight is 217 g/mol. The van der Waals surface area contributed by atoms with Crippen molar-refractivity contribution in [3.8, 4) is 0 Å². The minimum absolute atomic E-state index is 0.0417. The lowest BCUT2D eigenvalue weighted by Crippen LogP contribution is -2.44. The molecule has 0 bridgehead atoms. The van der Waals surface area contributed by atoms with Crippen LogP contribution in [0.3, 0.4) is 0 Å². The van der Waals surface area contributed by atoms with E-state index in [4.69, 9.17) is 0 Å². The first-order valence-electron chi connectivity index (χ1n) is 5.79. The molecular weight excluding hydrogens is 200 g/mol. The Hall–Kier alpha value is -1.35. The van der Waals surface area contributed by atoms with E-state index in [1.54, 1.807) is 12.1 Å². The summed E-state index contributed by atoms with van der Waals surface area (Å²) in [6.07, 6.45) is 2.58. The van der Waals surface area contributed by atoms with Crippen molar-refractivity contribution in [2.24, 2.45) is 0 Å². The van der Waals surface area contributed by atoms with E-state index in [1.807, 2.05) is 19.1 Å². The van der Waals surface area contributed by atoms with E-state index in [2.05, 4.69) is 16.3 Å². The molecule has 2 rings (SSSR count). The monoisotopic (exact) mass is 217 g/mol. The molecular formula is C13H17N2O. The number of likely N-dealkylation sites (tertiary alicyclic amines) is 1. The maximum atomic E-state index is 11.8. The molecule has 1 amide bonds. The lowest BCUT2D eigenvalue weighted by molar-refractivity contribution is 0.0885. The number of rotatable bonds is 3. The summed E-state index contributed by atoms with van der Waals surface area (Å²) in [6, 6.07) is 10.2. The minimum atomic E-state index is -0.0417. The Balaban J connectivity index is 1.92. The summed E-state index contributed by atoms with van der Waals surface area (Å²) in [6.45, 7) is 4.20. The Kier molecular flexibility index (Phi) is 3.57. The lowest BCUT2D eigenvalue weighted by Gasteiger charge is -2.24. The molecule has 85 valence electrons. The van der Waals surface area contributed by atoms with Gasteiger partial charge >= 0.3 is 0 Å². The molecule has 0 aromatic heterocycles. The van der Waals surface area contributed by atoms with Crippen molar-refractivity contribution in [3.05, 3.63) is 35.9 Å². The van der Waals surface area contributed by atoms with Crippen molar-refractivity contribution in [3.63, 3.8) is 0 Å². The molecule has 0 aliphatic carbocycles. The van der Waals surface area contributed by atoms with Crippen LogP contribution in [0.1, 0.15) is 30.1 Å². The first kappa shape index (κ1) is 11.1. The van der Waals surface area contributed by atoms with Gasteiger partial charge in [0.15, 0.2) is 0 Å². The zero-order valence-corrected chi connectivity index (χ0v) is 9.57. The van der Waals surface area contributed by atoms with E-state index < -0.39 is 0 Å². The second-order valence-corrected chi connectivity index (χ2v) is 4.17. The van der Waals surface area contributed by atoms with Crippen molar-refractivity contribution in [1.29, 1.82) is 0 Å². The number of hydrogen-bond acceptors (Lipinski definition) is 2. The Morgan fingerprint density at radius 2 is 2.19 bits per heavy atom. The van der Waals surface area contributed by atoms with Crippen LogP contribution >= 0.6 is 0 Å². The van der Waals surface area contributed by atoms with Gasteiger partial charge in [0.05, 0.1) is 6.17 Å². The fourth-order valence-electron chi connectivity index (χ4n) is 2.02. The molecule has 1 aromatic carbocycles. The molecule has 1 aromatic rings. The molecule has 1 fully saturated rings. The highest BCUT2D eigenvalue weighted by Gasteiger charge is 2.19. The Bertz CT molecular complexity index is 344. The van der Waals surface area contributed by atoms with Gasteiger partial charge in [-0.1, -0.05) is 18.2 Å². The van der Waals surface area contributed by atoms with Crippen LogP contribution in [0.15, 0.2) is 24.3 Å². The molecule has 3 heteroatoms. The second-order valence-electron chi connectivity index (χ2n) is 4.17. The van der Waals surface area contributed by atoms with Gasteiger partial charge in [0.1, 0.15) is 0 Å². The maximum Gasteiger partial charge on any atom is 0.253 e. The van der Waals surface area contributed by atoms with Gasteiger partial charge in [0.2, 0.25) is 0 Å². The van der Waals surface area contributed by atoms with E-state index in [1.165, 1.54) is 12.8 Å². The standard InChI is InChI=1S/C13H17N2O/c1-11(15-9-5-6-10-15)14-13(16)12-7-3-2-4-8-12/h2-4,7,11H,5-6,9-10H2,1H3,(H,14,16). The van der Waals surface area contributed by atoms with Crippen molar-refractivity contribution in [2.75, 3.05) is 13.1 Å². The number of hydrogen-bond donors (Lipinski definition) is 1. The Labute approximate surface area is 96.5 Å². The van der Waals surface area contributed by atoms with Gasteiger partial charge in [-0.3, -0.25) is 9.69 Å². The Morgan fingerprint density at radius 1 is 1.44 bits per heavy atom. The topological polar surface area (TPSA) is 32.3 Å². The maximum absolute atomic E-state index is 11.8. The predicted molar refractivity (Wildman–Crippen MR) is 63.0 cm³/mol. The molecule has 1 unspecified atom stereocenters. The zero-order chi connectivity index (χ0) is 11.4. The quantitative estimate of drug-likeness (QED) is 0.835. The van der Waals surface area contributed by atoms with Crippen LogP contribution in [-0.2, 0) is 0 Å². The van der Waals surface area contributed by atoms with Gasteiger partial charge in [-0.15, -0.1) is 0 Å². The van der Waals surface area contributed by atoms with Gasteiger partial charge in [-0.2, -0.15) is 0 Å². The van der Waals surface area contributed by atoms with Crippen molar-refractivity contribution >= 4 is 5.91 Å². The normalized spacial score (nSPS) is 18.3. The van der Waals surface area contributed by atoms with Crippen LogP contribution < -0.4 is 5.32 Å². The molecule has 1 atom stereocenters. The highest BCUT2D eigenvalue weighted by molar-refractivity contribution is 5.93. The van der Waals surface area contributed by atoms with Crippen LogP contribution in [0.4, 0.5) is 0 Å². The molecule has 1 radical (unpaired) electrons. The minimum Gasteiger partial charge on any atom is -0.337 e.